The number of fused-ring (bicyclic) bond motifs is 1. The van der Waals surface area contributed by atoms with Crippen molar-refractivity contribution in [3.05, 3.63) is 51.7 Å². The summed E-state index contributed by atoms with van der Waals surface area (Å²) in [5, 5.41) is 17.0. The second-order valence-corrected chi connectivity index (χ2v) is 7.35. The summed E-state index contributed by atoms with van der Waals surface area (Å²) in [4.78, 5) is 16.3. The van der Waals surface area contributed by atoms with Gasteiger partial charge in [0.25, 0.3) is 0 Å². The monoisotopic (exact) mass is 424 g/mol. The van der Waals surface area contributed by atoms with Gasteiger partial charge in [-0.15, -0.1) is 0 Å². The molecule has 0 amide bonds. The van der Waals surface area contributed by atoms with Gasteiger partial charge in [0.2, 0.25) is 0 Å². The maximum Gasteiger partial charge on any atom is 0.416 e. The van der Waals surface area contributed by atoms with Gasteiger partial charge in [0, 0.05) is 31.2 Å². The molecule has 2 aliphatic heterocycles. The fourth-order valence-corrected chi connectivity index (χ4v) is 3.57. The zero-order chi connectivity index (χ0) is 21.5. The molecule has 2 aromatic rings. The molecule has 1 saturated heterocycles. The molecule has 3 heterocycles. The second kappa shape index (κ2) is 7.27. The number of halogens is 3. The zero-order valence-corrected chi connectivity index (χ0v) is 16.0. The Hall–Kier alpha value is -3.15. The van der Waals surface area contributed by atoms with Crippen LogP contribution in [0, 0.1) is 10.1 Å². The molecule has 0 aliphatic carbocycles. The van der Waals surface area contributed by atoms with Crippen molar-refractivity contribution in [3.63, 3.8) is 0 Å². The van der Waals surface area contributed by atoms with E-state index in [0.717, 1.165) is 12.1 Å². The predicted octanol–water partition coefficient (Wildman–Crippen LogP) is 2.57. The molecule has 0 bridgehead atoms. The third kappa shape index (κ3) is 3.95. The third-order valence-corrected chi connectivity index (χ3v) is 5.22. The molecule has 0 saturated carbocycles. The smallest absolute Gasteiger partial charge is 0.416 e. The van der Waals surface area contributed by atoms with Crippen LogP contribution < -0.4 is 4.74 Å². The topological polar surface area (TPSA) is 89.0 Å². The number of hydrogen-bond donors (Lipinski definition) is 0. The highest BCUT2D eigenvalue weighted by molar-refractivity contribution is 5.79. The van der Waals surface area contributed by atoms with Crippen LogP contribution in [0.4, 0.5) is 19.0 Å². The number of nitrogens with zero attached hydrogens (tertiary/aromatic N) is 6. The highest BCUT2D eigenvalue weighted by Gasteiger charge is 2.45. The number of hydrazone groups is 1. The standard InChI is InChI=1S/C18H19F3N6O3/c1-17(12-24-11-15(27(28)29)23-16(24)30-17)25-6-8-26(9-7-25)22-10-13-2-4-14(5-3-13)18(19,20)21/h2-5,10-11H,6-9,12H2,1H3. The molecule has 30 heavy (non-hydrogen) atoms. The van der Waals surface area contributed by atoms with E-state index in [1.54, 1.807) is 10.8 Å². The van der Waals surface area contributed by atoms with Crippen LogP contribution in [0.3, 0.4) is 0 Å². The average Bonchev–Trinajstić information content (AvgIpc) is 3.22. The molecule has 160 valence electrons. The van der Waals surface area contributed by atoms with E-state index in [0.29, 0.717) is 38.3 Å². The molecule has 1 unspecified atom stereocenters. The molecule has 9 nitrogen and oxygen atoms in total. The van der Waals surface area contributed by atoms with Crippen molar-refractivity contribution >= 4 is 12.0 Å². The van der Waals surface area contributed by atoms with Gasteiger partial charge in [-0.1, -0.05) is 12.1 Å². The Morgan fingerprint density at radius 3 is 2.47 bits per heavy atom. The average molecular weight is 424 g/mol. The summed E-state index contributed by atoms with van der Waals surface area (Å²) in [5.41, 5.74) is -0.757. The molecular weight excluding hydrogens is 405 g/mol. The number of alkyl halides is 3. The first kappa shape index (κ1) is 20.1. The van der Waals surface area contributed by atoms with Gasteiger partial charge < -0.3 is 14.9 Å². The van der Waals surface area contributed by atoms with E-state index in [2.05, 4.69) is 15.0 Å². The number of nitro groups is 1. The fraction of sp³-hybridized carbons (Fsp3) is 0.444. The Morgan fingerprint density at radius 1 is 1.23 bits per heavy atom. The lowest BCUT2D eigenvalue weighted by atomic mass is 10.1. The van der Waals surface area contributed by atoms with Crippen molar-refractivity contribution in [2.75, 3.05) is 26.2 Å². The van der Waals surface area contributed by atoms with E-state index in [9.17, 15) is 23.3 Å². The third-order valence-electron chi connectivity index (χ3n) is 5.22. The summed E-state index contributed by atoms with van der Waals surface area (Å²) in [6.45, 7) is 4.85. The molecule has 1 fully saturated rings. The molecular formula is C18H19F3N6O3. The highest BCUT2D eigenvalue weighted by Crippen LogP contribution is 2.33. The van der Waals surface area contributed by atoms with E-state index in [4.69, 9.17) is 4.74 Å². The van der Waals surface area contributed by atoms with Crippen LogP contribution in [-0.2, 0) is 12.7 Å². The van der Waals surface area contributed by atoms with Gasteiger partial charge >= 0.3 is 18.0 Å². The number of imidazole rings is 1. The fourth-order valence-electron chi connectivity index (χ4n) is 3.57. The van der Waals surface area contributed by atoms with Gasteiger partial charge in [0.1, 0.15) is 6.20 Å². The Morgan fingerprint density at radius 2 is 1.90 bits per heavy atom. The van der Waals surface area contributed by atoms with Crippen LogP contribution in [0.25, 0.3) is 0 Å². The first-order valence-electron chi connectivity index (χ1n) is 9.26. The first-order valence-corrected chi connectivity index (χ1v) is 9.26. The minimum absolute atomic E-state index is 0.229. The molecule has 1 aromatic carbocycles. The molecule has 2 aliphatic rings. The minimum Gasteiger partial charge on any atom is -0.422 e. The minimum atomic E-state index is -4.36. The van der Waals surface area contributed by atoms with Crippen molar-refractivity contribution in [2.45, 2.75) is 25.4 Å². The van der Waals surface area contributed by atoms with Crippen LogP contribution in [0.1, 0.15) is 18.1 Å². The summed E-state index contributed by atoms with van der Waals surface area (Å²) in [7, 11) is 0. The van der Waals surface area contributed by atoms with Gasteiger partial charge in [-0.3, -0.25) is 14.5 Å². The van der Waals surface area contributed by atoms with Crippen LogP contribution in [0.2, 0.25) is 0 Å². The first-order chi connectivity index (χ1) is 14.1. The summed E-state index contributed by atoms with van der Waals surface area (Å²) in [6, 6.07) is 5.07. The normalized spacial score (nSPS) is 22.3. The van der Waals surface area contributed by atoms with Gasteiger partial charge in [-0.05, 0) is 29.5 Å². The summed E-state index contributed by atoms with van der Waals surface area (Å²) in [5.74, 6) is -0.241. The molecule has 4 rings (SSSR count). The van der Waals surface area contributed by atoms with E-state index in [1.165, 1.54) is 18.3 Å². The van der Waals surface area contributed by atoms with E-state index in [-0.39, 0.29) is 11.8 Å². The SMILES string of the molecule is CC1(N2CCN(N=Cc3ccc(C(F)(F)F)cc3)CC2)Cn2cc([N+](=O)[O-])nc2O1. The van der Waals surface area contributed by atoms with Crippen molar-refractivity contribution in [2.24, 2.45) is 5.10 Å². The van der Waals surface area contributed by atoms with Gasteiger partial charge in [0.05, 0.1) is 18.3 Å². The maximum atomic E-state index is 12.6. The van der Waals surface area contributed by atoms with Crippen molar-refractivity contribution in [3.8, 4) is 6.01 Å². The Kier molecular flexibility index (Phi) is 4.88. The Balaban J connectivity index is 1.32. The van der Waals surface area contributed by atoms with E-state index >= 15 is 0 Å². The van der Waals surface area contributed by atoms with Crippen LogP contribution in [-0.4, -0.2) is 62.5 Å². The Labute approximate surface area is 169 Å². The number of rotatable bonds is 4. The van der Waals surface area contributed by atoms with Crippen LogP contribution in [0.15, 0.2) is 35.6 Å². The molecule has 1 atom stereocenters. The lowest BCUT2D eigenvalue weighted by Gasteiger charge is -2.41. The van der Waals surface area contributed by atoms with Gasteiger partial charge in [-0.2, -0.15) is 18.3 Å². The molecule has 0 radical (unpaired) electrons. The summed E-state index contributed by atoms with van der Waals surface area (Å²) >= 11 is 0. The van der Waals surface area contributed by atoms with Crippen molar-refractivity contribution < 1.29 is 22.8 Å². The lowest BCUT2D eigenvalue weighted by molar-refractivity contribution is -0.389. The lowest BCUT2D eigenvalue weighted by Crippen LogP contribution is -2.57. The van der Waals surface area contributed by atoms with E-state index < -0.39 is 22.4 Å². The second-order valence-electron chi connectivity index (χ2n) is 7.35. The number of aromatic nitrogens is 2. The Bertz CT molecular complexity index is 941. The number of ether oxygens (including phenoxy) is 1. The number of benzene rings is 1. The molecule has 1 aromatic heterocycles. The van der Waals surface area contributed by atoms with Crippen molar-refractivity contribution in [1.82, 2.24) is 19.5 Å². The highest BCUT2D eigenvalue weighted by atomic mass is 19.4. The van der Waals surface area contributed by atoms with E-state index in [1.807, 2.05) is 11.9 Å². The summed E-state index contributed by atoms with van der Waals surface area (Å²) in [6.07, 6.45) is -1.45. The van der Waals surface area contributed by atoms with Gasteiger partial charge in [0.15, 0.2) is 5.72 Å². The predicted molar refractivity (Wildman–Crippen MR) is 100 cm³/mol. The summed E-state index contributed by atoms with van der Waals surface area (Å²) < 4.78 is 45.4. The number of piperazine rings is 1. The van der Waals surface area contributed by atoms with Gasteiger partial charge in [-0.25, -0.2) is 0 Å². The molecule has 12 heteroatoms. The largest absolute Gasteiger partial charge is 0.422 e. The molecule has 0 spiro atoms. The molecule has 0 N–H and O–H groups in total. The maximum absolute atomic E-state index is 12.6. The number of hydrogen-bond acceptors (Lipinski definition) is 7. The quantitative estimate of drug-likeness (QED) is 0.426. The van der Waals surface area contributed by atoms with Crippen LogP contribution in [0.5, 0.6) is 6.01 Å². The zero-order valence-electron chi connectivity index (χ0n) is 16.0. The van der Waals surface area contributed by atoms with Crippen molar-refractivity contribution in [1.29, 1.82) is 0 Å². The van der Waals surface area contributed by atoms with Crippen LogP contribution >= 0.6 is 0 Å².